The number of carbonyl (C=O) groups excluding carboxylic acids is 1. The first-order chi connectivity index (χ1) is 12.5. The first-order valence-electron chi connectivity index (χ1n) is 9.36. The van der Waals surface area contributed by atoms with Crippen LogP contribution in [-0.2, 0) is 6.42 Å². The SMILES string of the molecule is Cc1nc(C2CCCN(CCc3ccccc3)C2)ncc1C(=O)N(C)C. The molecule has 138 valence electrons. The topological polar surface area (TPSA) is 49.3 Å². The summed E-state index contributed by atoms with van der Waals surface area (Å²) < 4.78 is 0. The number of piperidine rings is 1. The molecule has 1 atom stereocenters. The van der Waals surface area contributed by atoms with Crippen LogP contribution < -0.4 is 0 Å². The lowest BCUT2D eigenvalue weighted by atomic mass is 9.96. The molecule has 2 aromatic rings. The Morgan fingerprint density at radius 2 is 2.04 bits per heavy atom. The first kappa shape index (κ1) is 18.5. The number of carbonyl (C=O) groups is 1. The highest BCUT2D eigenvalue weighted by Gasteiger charge is 2.24. The molecule has 2 heterocycles. The van der Waals surface area contributed by atoms with Gasteiger partial charge in [-0.3, -0.25) is 4.79 Å². The average Bonchev–Trinajstić information content (AvgIpc) is 2.67. The van der Waals surface area contributed by atoms with Gasteiger partial charge in [-0.2, -0.15) is 0 Å². The van der Waals surface area contributed by atoms with E-state index in [0.29, 0.717) is 11.5 Å². The number of amides is 1. The maximum atomic E-state index is 12.2. The van der Waals surface area contributed by atoms with Crippen LogP contribution in [0.3, 0.4) is 0 Å². The van der Waals surface area contributed by atoms with Gasteiger partial charge in [-0.1, -0.05) is 30.3 Å². The van der Waals surface area contributed by atoms with Crippen molar-refractivity contribution in [2.75, 3.05) is 33.7 Å². The Morgan fingerprint density at radius 1 is 1.27 bits per heavy atom. The molecule has 26 heavy (non-hydrogen) atoms. The zero-order chi connectivity index (χ0) is 18.5. The lowest BCUT2D eigenvalue weighted by Crippen LogP contribution is -2.36. The summed E-state index contributed by atoms with van der Waals surface area (Å²) in [5.74, 6) is 1.19. The predicted molar refractivity (Wildman–Crippen MR) is 103 cm³/mol. The fraction of sp³-hybridized carbons (Fsp3) is 0.476. The fourth-order valence-electron chi connectivity index (χ4n) is 3.53. The van der Waals surface area contributed by atoms with E-state index in [1.165, 1.54) is 12.0 Å². The Hall–Kier alpha value is -2.27. The Labute approximate surface area is 156 Å². The van der Waals surface area contributed by atoms with Crippen LogP contribution in [0.25, 0.3) is 0 Å². The molecule has 1 saturated heterocycles. The smallest absolute Gasteiger partial charge is 0.256 e. The van der Waals surface area contributed by atoms with Gasteiger partial charge in [0.1, 0.15) is 5.82 Å². The summed E-state index contributed by atoms with van der Waals surface area (Å²) in [6.45, 7) is 5.10. The van der Waals surface area contributed by atoms with Crippen molar-refractivity contribution in [1.29, 1.82) is 0 Å². The molecule has 5 nitrogen and oxygen atoms in total. The molecule has 0 bridgehead atoms. The van der Waals surface area contributed by atoms with Crippen LogP contribution in [0.5, 0.6) is 0 Å². The van der Waals surface area contributed by atoms with E-state index < -0.39 is 0 Å². The minimum absolute atomic E-state index is 0.0396. The van der Waals surface area contributed by atoms with Gasteiger partial charge in [-0.05, 0) is 38.3 Å². The number of likely N-dealkylation sites (tertiary alicyclic amines) is 1. The molecule has 1 aromatic carbocycles. The van der Waals surface area contributed by atoms with Crippen molar-refractivity contribution in [1.82, 2.24) is 19.8 Å². The van der Waals surface area contributed by atoms with Crippen molar-refractivity contribution in [3.8, 4) is 0 Å². The van der Waals surface area contributed by atoms with Crippen LogP contribution in [-0.4, -0.2) is 59.4 Å². The summed E-state index contributed by atoms with van der Waals surface area (Å²) in [4.78, 5) is 25.4. The molecule has 0 spiro atoms. The second kappa shape index (κ2) is 8.41. The second-order valence-corrected chi connectivity index (χ2v) is 7.30. The van der Waals surface area contributed by atoms with Crippen molar-refractivity contribution in [2.45, 2.75) is 32.1 Å². The number of aryl methyl sites for hydroxylation is 1. The highest BCUT2D eigenvalue weighted by molar-refractivity contribution is 5.94. The van der Waals surface area contributed by atoms with E-state index in [1.54, 1.807) is 25.2 Å². The van der Waals surface area contributed by atoms with Gasteiger partial charge >= 0.3 is 0 Å². The van der Waals surface area contributed by atoms with Crippen LogP contribution in [0, 0.1) is 6.92 Å². The number of hydrogen-bond donors (Lipinski definition) is 0. The van der Waals surface area contributed by atoms with Crippen LogP contribution in [0.15, 0.2) is 36.5 Å². The van der Waals surface area contributed by atoms with E-state index in [4.69, 9.17) is 0 Å². The van der Waals surface area contributed by atoms with Crippen molar-refractivity contribution >= 4 is 5.91 Å². The summed E-state index contributed by atoms with van der Waals surface area (Å²) >= 11 is 0. The molecule has 0 N–H and O–H groups in total. The van der Waals surface area contributed by atoms with E-state index in [2.05, 4.69) is 45.2 Å². The average molecular weight is 352 g/mol. The molecule has 5 heteroatoms. The van der Waals surface area contributed by atoms with Gasteiger partial charge in [0, 0.05) is 39.3 Å². The van der Waals surface area contributed by atoms with E-state index >= 15 is 0 Å². The monoisotopic (exact) mass is 352 g/mol. The molecule has 3 rings (SSSR count). The summed E-state index contributed by atoms with van der Waals surface area (Å²) in [5.41, 5.74) is 2.75. The lowest BCUT2D eigenvalue weighted by Gasteiger charge is -2.32. The summed E-state index contributed by atoms with van der Waals surface area (Å²) in [5, 5.41) is 0. The lowest BCUT2D eigenvalue weighted by molar-refractivity contribution is 0.0826. The third-order valence-electron chi connectivity index (χ3n) is 5.06. The normalized spacial score (nSPS) is 17.9. The predicted octanol–water partition coefficient (Wildman–Crippen LogP) is 2.91. The number of benzene rings is 1. The minimum Gasteiger partial charge on any atom is -0.345 e. The third-order valence-corrected chi connectivity index (χ3v) is 5.06. The van der Waals surface area contributed by atoms with Crippen molar-refractivity contribution in [3.63, 3.8) is 0 Å². The largest absolute Gasteiger partial charge is 0.345 e. The molecule has 1 aromatic heterocycles. The number of rotatable bonds is 5. The molecule has 0 radical (unpaired) electrons. The van der Waals surface area contributed by atoms with E-state index in [0.717, 1.165) is 44.0 Å². The highest BCUT2D eigenvalue weighted by Crippen LogP contribution is 2.25. The zero-order valence-electron chi connectivity index (χ0n) is 16.0. The van der Waals surface area contributed by atoms with E-state index in [-0.39, 0.29) is 5.91 Å². The molecule has 1 amide bonds. The molecular formula is C21H28N4O. The molecular weight excluding hydrogens is 324 g/mol. The van der Waals surface area contributed by atoms with E-state index in [1.807, 2.05) is 6.92 Å². The van der Waals surface area contributed by atoms with Crippen LogP contribution in [0.4, 0.5) is 0 Å². The number of aromatic nitrogens is 2. The van der Waals surface area contributed by atoms with Gasteiger partial charge < -0.3 is 9.80 Å². The van der Waals surface area contributed by atoms with Gasteiger partial charge in [-0.15, -0.1) is 0 Å². The van der Waals surface area contributed by atoms with Crippen LogP contribution >= 0.6 is 0 Å². The molecule has 1 aliphatic rings. The van der Waals surface area contributed by atoms with Gasteiger partial charge in [0.15, 0.2) is 0 Å². The highest BCUT2D eigenvalue weighted by atomic mass is 16.2. The summed E-state index contributed by atoms with van der Waals surface area (Å²) in [6, 6.07) is 10.6. The standard InChI is InChI=1S/C21H28N4O/c1-16-19(21(26)24(2)3)14-22-20(23-16)18-10-7-12-25(15-18)13-11-17-8-5-4-6-9-17/h4-6,8-9,14,18H,7,10-13,15H2,1-3H3. The minimum atomic E-state index is -0.0396. The molecule has 1 aliphatic heterocycles. The Bertz CT molecular complexity index is 745. The van der Waals surface area contributed by atoms with E-state index in [9.17, 15) is 4.79 Å². The van der Waals surface area contributed by atoms with Gasteiger partial charge in [0.2, 0.25) is 0 Å². The molecule has 1 unspecified atom stereocenters. The zero-order valence-corrected chi connectivity index (χ0v) is 16.0. The quantitative estimate of drug-likeness (QED) is 0.830. The van der Waals surface area contributed by atoms with Crippen LogP contribution in [0.1, 0.15) is 46.2 Å². The third kappa shape index (κ3) is 4.47. The maximum Gasteiger partial charge on any atom is 0.256 e. The molecule has 0 aliphatic carbocycles. The first-order valence-corrected chi connectivity index (χ1v) is 9.36. The summed E-state index contributed by atoms with van der Waals surface area (Å²) in [7, 11) is 3.50. The number of nitrogens with zero attached hydrogens (tertiary/aromatic N) is 4. The Kier molecular flexibility index (Phi) is 5.99. The number of hydrogen-bond acceptors (Lipinski definition) is 4. The molecule has 1 fully saturated rings. The maximum absolute atomic E-state index is 12.2. The fourth-order valence-corrected chi connectivity index (χ4v) is 3.53. The second-order valence-electron chi connectivity index (χ2n) is 7.30. The van der Waals surface area contributed by atoms with Crippen molar-refractivity contribution < 1.29 is 4.79 Å². The summed E-state index contributed by atoms with van der Waals surface area (Å²) in [6.07, 6.45) is 5.05. The van der Waals surface area contributed by atoms with Gasteiger partial charge in [-0.25, -0.2) is 9.97 Å². The van der Waals surface area contributed by atoms with Crippen molar-refractivity contribution in [3.05, 3.63) is 59.2 Å². The Morgan fingerprint density at radius 3 is 2.73 bits per heavy atom. The molecule has 0 saturated carbocycles. The van der Waals surface area contributed by atoms with Gasteiger partial charge in [0.05, 0.1) is 11.3 Å². The van der Waals surface area contributed by atoms with Crippen LogP contribution in [0.2, 0.25) is 0 Å². The van der Waals surface area contributed by atoms with Gasteiger partial charge in [0.25, 0.3) is 5.91 Å². The van der Waals surface area contributed by atoms with Crippen molar-refractivity contribution in [2.24, 2.45) is 0 Å². The Balaban J connectivity index is 1.64.